The summed E-state index contributed by atoms with van der Waals surface area (Å²) in [5, 5.41) is 0. The van der Waals surface area contributed by atoms with E-state index in [-0.39, 0.29) is 12.2 Å². The molecule has 0 amide bonds. The van der Waals surface area contributed by atoms with Crippen molar-refractivity contribution < 1.29 is 13.6 Å². The molecule has 0 aromatic carbocycles. The van der Waals surface area contributed by atoms with Crippen LogP contribution in [0.4, 0.5) is 0 Å². The SMILES string of the molecule is CCCCCCCCCCP(=O)(OC(C)CC)OC(C)CC. The highest BCUT2D eigenvalue weighted by atomic mass is 31.2. The molecule has 0 aromatic rings. The van der Waals surface area contributed by atoms with Crippen molar-refractivity contribution in [1.82, 2.24) is 0 Å². The number of unbranched alkanes of at least 4 members (excludes halogenated alkanes) is 7. The topological polar surface area (TPSA) is 35.5 Å². The van der Waals surface area contributed by atoms with Gasteiger partial charge < -0.3 is 9.05 Å². The monoisotopic (exact) mass is 334 g/mol. The van der Waals surface area contributed by atoms with E-state index >= 15 is 0 Å². The molecule has 0 saturated heterocycles. The maximum absolute atomic E-state index is 12.9. The van der Waals surface area contributed by atoms with Crippen molar-refractivity contribution in [3.63, 3.8) is 0 Å². The second-order valence-electron chi connectivity index (χ2n) is 6.46. The highest BCUT2D eigenvalue weighted by molar-refractivity contribution is 7.53. The van der Waals surface area contributed by atoms with Crippen LogP contribution >= 0.6 is 7.60 Å². The molecule has 0 rings (SSSR count). The lowest BCUT2D eigenvalue weighted by Gasteiger charge is -2.24. The molecule has 0 aliphatic carbocycles. The zero-order valence-electron chi connectivity index (χ0n) is 15.6. The van der Waals surface area contributed by atoms with E-state index in [1.807, 2.05) is 13.8 Å². The third-order valence-corrected chi connectivity index (χ3v) is 6.34. The fraction of sp³-hybridized carbons (Fsp3) is 1.00. The van der Waals surface area contributed by atoms with Gasteiger partial charge >= 0.3 is 7.60 Å². The molecule has 2 atom stereocenters. The normalized spacial score (nSPS) is 17.1. The molecular weight excluding hydrogens is 295 g/mol. The summed E-state index contributed by atoms with van der Waals surface area (Å²) in [5.74, 6) is 0. The first-order valence-electron chi connectivity index (χ1n) is 9.43. The molecule has 0 saturated carbocycles. The van der Waals surface area contributed by atoms with Gasteiger partial charge in [0.05, 0.1) is 18.4 Å². The van der Waals surface area contributed by atoms with Crippen molar-refractivity contribution in [3.8, 4) is 0 Å². The standard InChI is InChI=1S/C18H39O3P/c1-6-9-10-11-12-13-14-15-16-22(19,20-17(4)7-2)21-18(5)8-3/h17-18H,6-16H2,1-5H3. The molecule has 0 N–H and O–H groups in total. The fourth-order valence-electron chi connectivity index (χ4n) is 2.27. The smallest absolute Gasteiger partial charge is 0.306 e. The lowest BCUT2D eigenvalue weighted by Crippen LogP contribution is -2.13. The van der Waals surface area contributed by atoms with Crippen molar-refractivity contribution in [3.05, 3.63) is 0 Å². The molecule has 0 aliphatic heterocycles. The molecular formula is C18H39O3P. The molecule has 0 heterocycles. The van der Waals surface area contributed by atoms with Crippen LogP contribution < -0.4 is 0 Å². The maximum Gasteiger partial charge on any atom is 0.331 e. The Labute approximate surface area is 139 Å². The Morgan fingerprint density at radius 1 is 0.727 bits per heavy atom. The van der Waals surface area contributed by atoms with Crippen LogP contribution in [0.3, 0.4) is 0 Å². The summed E-state index contributed by atoms with van der Waals surface area (Å²) in [5.41, 5.74) is 0. The fourth-order valence-corrected chi connectivity index (χ4v) is 4.53. The van der Waals surface area contributed by atoms with E-state index in [9.17, 15) is 4.57 Å². The second kappa shape index (κ2) is 13.6. The van der Waals surface area contributed by atoms with Gasteiger partial charge in [-0.15, -0.1) is 0 Å². The van der Waals surface area contributed by atoms with E-state index in [0.29, 0.717) is 6.16 Å². The zero-order chi connectivity index (χ0) is 16.8. The Morgan fingerprint density at radius 3 is 1.55 bits per heavy atom. The van der Waals surface area contributed by atoms with Gasteiger partial charge in [0.2, 0.25) is 0 Å². The minimum absolute atomic E-state index is 0.00364. The van der Waals surface area contributed by atoms with Crippen LogP contribution in [0, 0.1) is 0 Å². The van der Waals surface area contributed by atoms with Crippen LogP contribution in [0.25, 0.3) is 0 Å². The van der Waals surface area contributed by atoms with Crippen LogP contribution in [-0.4, -0.2) is 18.4 Å². The predicted octanol–water partition coefficient (Wildman–Crippen LogP) is 6.95. The van der Waals surface area contributed by atoms with Gasteiger partial charge in [0.1, 0.15) is 0 Å². The van der Waals surface area contributed by atoms with Gasteiger partial charge in [-0.25, -0.2) is 0 Å². The lowest BCUT2D eigenvalue weighted by atomic mass is 10.1. The Bertz CT molecular complexity index is 278. The molecule has 0 aromatic heterocycles. The van der Waals surface area contributed by atoms with E-state index in [1.54, 1.807) is 0 Å². The van der Waals surface area contributed by atoms with E-state index in [2.05, 4.69) is 20.8 Å². The van der Waals surface area contributed by atoms with Gasteiger partial charge in [-0.2, -0.15) is 0 Å². The van der Waals surface area contributed by atoms with Gasteiger partial charge in [0.15, 0.2) is 0 Å². The van der Waals surface area contributed by atoms with Crippen molar-refractivity contribution in [2.75, 3.05) is 6.16 Å². The zero-order valence-corrected chi connectivity index (χ0v) is 16.5. The molecule has 4 heteroatoms. The summed E-state index contributed by atoms with van der Waals surface area (Å²) in [6.45, 7) is 10.3. The van der Waals surface area contributed by atoms with Crippen molar-refractivity contribution in [2.24, 2.45) is 0 Å². The van der Waals surface area contributed by atoms with Gasteiger partial charge in [-0.05, 0) is 33.1 Å². The number of hydrogen-bond donors (Lipinski definition) is 0. The summed E-state index contributed by atoms with van der Waals surface area (Å²) in [6, 6.07) is 0. The summed E-state index contributed by atoms with van der Waals surface area (Å²) >= 11 is 0. The van der Waals surface area contributed by atoms with Crippen molar-refractivity contribution in [1.29, 1.82) is 0 Å². The summed E-state index contributed by atoms with van der Waals surface area (Å²) < 4.78 is 24.4. The molecule has 0 aliphatic rings. The first-order valence-corrected chi connectivity index (χ1v) is 11.2. The molecule has 2 unspecified atom stereocenters. The molecule has 3 nitrogen and oxygen atoms in total. The molecule has 0 spiro atoms. The van der Waals surface area contributed by atoms with Crippen molar-refractivity contribution in [2.45, 2.75) is 111 Å². The first kappa shape index (κ1) is 22.1. The first-order chi connectivity index (χ1) is 10.5. The summed E-state index contributed by atoms with van der Waals surface area (Å²) in [6.07, 6.45) is 12.2. The second-order valence-corrected chi connectivity index (χ2v) is 8.55. The Morgan fingerprint density at radius 2 is 1.14 bits per heavy atom. The van der Waals surface area contributed by atoms with Crippen LogP contribution in [0.15, 0.2) is 0 Å². The lowest BCUT2D eigenvalue weighted by molar-refractivity contribution is 0.123. The number of rotatable bonds is 15. The molecule has 0 bridgehead atoms. The Kier molecular flexibility index (Phi) is 13.7. The quantitative estimate of drug-likeness (QED) is 0.240. The highest BCUT2D eigenvalue weighted by Gasteiger charge is 2.28. The van der Waals surface area contributed by atoms with Gasteiger partial charge in [-0.1, -0.05) is 65.7 Å². The minimum Gasteiger partial charge on any atom is -0.306 e. The third kappa shape index (κ3) is 11.7. The van der Waals surface area contributed by atoms with E-state index < -0.39 is 7.60 Å². The van der Waals surface area contributed by atoms with Crippen LogP contribution in [-0.2, 0) is 13.6 Å². The highest BCUT2D eigenvalue weighted by Crippen LogP contribution is 2.51. The average molecular weight is 334 g/mol. The third-order valence-electron chi connectivity index (χ3n) is 4.12. The largest absolute Gasteiger partial charge is 0.331 e. The summed E-state index contributed by atoms with van der Waals surface area (Å²) in [7, 11) is -2.93. The minimum atomic E-state index is -2.93. The van der Waals surface area contributed by atoms with Crippen molar-refractivity contribution >= 4 is 7.60 Å². The van der Waals surface area contributed by atoms with Crippen LogP contribution in [0.2, 0.25) is 0 Å². The molecule has 0 radical (unpaired) electrons. The van der Waals surface area contributed by atoms with Gasteiger partial charge in [0.25, 0.3) is 0 Å². The van der Waals surface area contributed by atoms with Gasteiger partial charge in [-0.3, -0.25) is 4.57 Å². The molecule has 0 fully saturated rings. The predicted molar refractivity (Wildman–Crippen MR) is 96.8 cm³/mol. The molecule has 22 heavy (non-hydrogen) atoms. The average Bonchev–Trinajstić information content (AvgIpc) is 2.49. The van der Waals surface area contributed by atoms with E-state index in [0.717, 1.165) is 25.7 Å². The van der Waals surface area contributed by atoms with E-state index in [4.69, 9.17) is 9.05 Å². The summed E-state index contributed by atoms with van der Waals surface area (Å²) in [4.78, 5) is 0. The molecule has 134 valence electrons. The van der Waals surface area contributed by atoms with Crippen LogP contribution in [0.5, 0.6) is 0 Å². The Hall–Kier alpha value is 0.150. The van der Waals surface area contributed by atoms with Gasteiger partial charge in [0, 0.05) is 0 Å². The maximum atomic E-state index is 12.9. The van der Waals surface area contributed by atoms with Crippen LogP contribution in [0.1, 0.15) is 98.8 Å². The Balaban J connectivity index is 4.05. The van der Waals surface area contributed by atoms with E-state index in [1.165, 1.54) is 38.5 Å². The number of hydrogen-bond acceptors (Lipinski definition) is 3.